The molecule has 1 fully saturated rings. The van der Waals surface area contributed by atoms with E-state index in [-0.39, 0.29) is 18.4 Å². The molecule has 0 aromatic heterocycles. The van der Waals surface area contributed by atoms with Gasteiger partial charge in [-0.1, -0.05) is 42.8 Å². The van der Waals surface area contributed by atoms with Gasteiger partial charge in [-0.05, 0) is 50.2 Å². The maximum Gasteiger partial charge on any atom is 0.253 e. The zero-order valence-electron chi connectivity index (χ0n) is 19.2. The van der Waals surface area contributed by atoms with Gasteiger partial charge in [0.1, 0.15) is 0 Å². The number of piperazine rings is 1. The van der Waals surface area contributed by atoms with Crippen LogP contribution in [-0.4, -0.2) is 71.8 Å². The fourth-order valence-electron chi connectivity index (χ4n) is 3.89. The summed E-state index contributed by atoms with van der Waals surface area (Å²) in [5, 5.41) is 3.37. The van der Waals surface area contributed by atoms with Gasteiger partial charge < -0.3 is 10.2 Å². The maximum atomic E-state index is 12.9. The van der Waals surface area contributed by atoms with E-state index >= 15 is 0 Å². The third-order valence-electron chi connectivity index (χ3n) is 5.90. The van der Waals surface area contributed by atoms with Crippen molar-refractivity contribution in [1.82, 2.24) is 14.7 Å². The first-order valence-corrected chi connectivity index (χ1v) is 11.6. The normalized spacial score (nSPS) is 14.8. The molecule has 2 aromatic carbocycles. The Morgan fingerprint density at radius 3 is 2.28 bits per heavy atom. The van der Waals surface area contributed by atoms with E-state index in [1.165, 1.54) is 5.56 Å². The summed E-state index contributed by atoms with van der Waals surface area (Å²) in [7, 11) is 0. The van der Waals surface area contributed by atoms with Crippen molar-refractivity contribution in [1.29, 1.82) is 0 Å². The summed E-state index contributed by atoms with van der Waals surface area (Å²) < 4.78 is 0. The van der Waals surface area contributed by atoms with Crippen LogP contribution < -0.4 is 5.32 Å². The number of nitrogens with one attached hydrogen (secondary N) is 1. The van der Waals surface area contributed by atoms with Crippen LogP contribution in [0.3, 0.4) is 0 Å². The van der Waals surface area contributed by atoms with Gasteiger partial charge in [0.05, 0.1) is 17.3 Å². The molecule has 2 aromatic rings. The van der Waals surface area contributed by atoms with Gasteiger partial charge in [0, 0.05) is 44.3 Å². The molecular formula is C25H33ClN4O2. The fraction of sp³-hybridized carbons (Fsp3) is 0.440. The van der Waals surface area contributed by atoms with Crippen LogP contribution in [0.2, 0.25) is 5.02 Å². The number of anilines is 1. The van der Waals surface area contributed by atoms with E-state index in [4.69, 9.17) is 11.6 Å². The van der Waals surface area contributed by atoms with Gasteiger partial charge in [-0.2, -0.15) is 0 Å². The quantitative estimate of drug-likeness (QED) is 0.653. The molecule has 2 amide bonds. The Hall–Kier alpha value is -2.41. The number of amides is 2. The molecule has 3 rings (SSSR count). The number of hydrogen-bond donors (Lipinski definition) is 1. The second kappa shape index (κ2) is 11.5. The summed E-state index contributed by atoms with van der Waals surface area (Å²) in [6, 6.07) is 15.6. The molecule has 0 radical (unpaired) electrons. The first-order valence-electron chi connectivity index (χ1n) is 11.3. The predicted molar refractivity (Wildman–Crippen MR) is 130 cm³/mol. The lowest BCUT2D eigenvalue weighted by Gasteiger charge is -2.34. The monoisotopic (exact) mass is 456 g/mol. The molecule has 0 aliphatic carbocycles. The number of benzene rings is 2. The van der Waals surface area contributed by atoms with Crippen LogP contribution in [0.4, 0.5) is 5.69 Å². The van der Waals surface area contributed by atoms with Crippen molar-refractivity contribution in [3.63, 3.8) is 0 Å². The number of nitrogens with zero attached hydrogens (tertiary/aromatic N) is 3. The van der Waals surface area contributed by atoms with E-state index in [1.54, 1.807) is 12.1 Å². The maximum absolute atomic E-state index is 12.9. The summed E-state index contributed by atoms with van der Waals surface area (Å²) >= 11 is 6.10. The third kappa shape index (κ3) is 6.55. The lowest BCUT2D eigenvalue weighted by molar-refractivity contribution is -0.117. The van der Waals surface area contributed by atoms with Crippen molar-refractivity contribution >= 4 is 29.1 Å². The summed E-state index contributed by atoms with van der Waals surface area (Å²) in [4.78, 5) is 31.6. The topological polar surface area (TPSA) is 55.9 Å². The minimum Gasteiger partial charge on any atom is -0.336 e. The molecule has 7 heteroatoms. The average molecular weight is 457 g/mol. The van der Waals surface area contributed by atoms with Gasteiger partial charge in [-0.3, -0.25) is 19.4 Å². The Labute approximate surface area is 196 Å². The highest BCUT2D eigenvalue weighted by atomic mass is 35.5. The Kier molecular flexibility index (Phi) is 8.67. The second-order valence-electron chi connectivity index (χ2n) is 8.45. The molecule has 1 heterocycles. The summed E-state index contributed by atoms with van der Waals surface area (Å²) in [6.45, 7) is 11.3. The highest BCUT2D eigenvalue weighted by Gasteiger charge is 2.23. The predicted octanol–water partition coefficient (Wildman–Crippen LogP) is 3.97. The summed E-state index contributed by atoms with van der Waals surface area (Å²) in [5.74, 6) is -0.0519. The molecule has 0 unspecified atom stereocenters. The van der Waals surface area contributed by atoms with Crippen LogP contribution in [0.1, 0.15) is 36.7 Å². The lowest BCUT2D eigenvalue weighted by atomic mass is 10.1. The minimum absolute atomic E-state index is 0.0490. The highest BCUT2D eigenvalue weighted by Crippen LogP contribution is 2.20. The minimum atomic E-state index is -0.101. The zero-order chi connectivity index (χ0) is 23.1. The molecule has 172 valence electrons. The van der Waals surface area contributed by atoms with Gasteiger partial charge >= 0.3 is 0 Å². The van der Waals surface area contributed by atoms with Crippen LogP contribution in [-0.2, 0) is 11.3 Å². The van der Waals surface area contributed by atoms with Crippen molar-refractivity contribution in [3.8, 4) is 0 Å². The number of carbonyl (C=O) groups is 2. The van der Waals surface area contributed by atoms with Crippen LogP contribution in [0, 0.1) is 0 Å². The van der Waals surface area contributed by atoms with Crippen molar-refractivity contribution < 1.29 is 9.59 Å². The largest absolute Gasteiger partial charge is 0.336 e. The number of halogens is 1. The zero-order valence-corrected chi connectivity index (χ0v) is 19.9. The second-order valence-corrected chi connectivity index (χ2v) is 8.86. The van der Waals surface area contributed by atoms with Crippen molar-refractivity contribution in [2.45, 2.75) is 33.4 Å². The van der Waals surface area contributed by atoms with Gasteiger partial charge in [-0.15, -0.1) is 0 Å². The smallest absolute Gasteiger partial charge is 0.253 e. The number of hydrogen-bond acceptors (Lipinski definition) is 4. The standard InChI is InChI=1S/C25H33ClN4O2/c1-4-29(19(2)3)17-20-9-11-21(12-10-20)25(32)30-15-13-28(14-16-30)18-24(31)27-23-8-6-5-7-22(23)26/h5-12,19H,4,13-18H2,1-3H3,(H,27,31). The molecule has 1 aliphatic heterocycles. The Morgan fingerprint density at radius 2 is 1.69 bits per heavy atom. The molecule has 0 atom stereocenters. The van der Waals surface area contributed by atoms with Gasteiger partial charge in [0.25, 0.3) is 5.91 Å². The molecule has 0 spiro atoms. The Balaban J connectivity index is 1.47. The fourth-order valence-corrected chi connectivity index (χ4v) is 4.08. The van der Waals surface area contributed by atoms with Gasteiger partial charge in [0.2, 0.25) is 5.91 Å². The number of rotatable bonds is 8. The molecular weight excluding hydrogens is 424 g/mol. The van der Waals surface area contributed by atoms with Crippen LogP contribution >= 0.6 is 11.6 Å². The van der Waals surface area contributed by atoms with Crippen LogP contribution in [0.5, 0.6) is 0 Å². The van der Waals surface area contributed by atoms with Crippen molar-refractivity contribution in [2.24, 2.45) is 0 Å². The number of para-hydroxylation sites is 1. The first kappa shape index (κ1) is 24.2. The molecule has 6 nitrogen and oxygen atoms in total. The molecule has 0 saturated carbocycles. The van der Waals surface area contributed by atoms with E-state index in [0.29, 0.717) is 48.5 Å². The number of carbonyl (C=O) groups excluding carboxylic acids is 2. The van der Waals surface area contributed by atoms with E-state index < -0.39 is 0 Å². The average Bonchev–Trinajstić information content (AvgIpc) is 2.79. The summed E-state index contributed by atoms with van der Waals surface area (Å²) in [6.07, 6.45) is 0. The Morgan fingerprint density at radius 1 is 1.03 bits per heavy atom. The van der Waals surface area contributed by atoms with Gasteiger partial charge in [0.15, 0.2) is 0 Å². The third-order valence-corrected chi connectivity index (χ3v) is 6.23. The SMILES string of the molecule is CCN(Cc1ccc(C(=O)N2CCN(CC(=O)Nc3ccccc3Cl)CC2)cc1)C(C)C. The summed E-state index contributed by atoms with van der Waals surface area (Å²) in [5.41, 5.74) is 2.55. The lowest BCUT2D eigenvalue weighted by Crippen LogP contribution is -2.50. The van der Waals surface area contributed by atoms with E-state index in [2.05, 4.69) is 35.9 Å². The van der Waals surface area contributed by atoms with E-state index in [9.17, 15) is 9.59 Å². The van der Waals surface area contributed by atoms with Crippen LogP contribution in [0.25, 0.3) is 0 Å². The molecule has 32 heavy (non-hydrogen) atoms. The van der Waals surface area contributed by atoms with Crippen molar-refractivity contribution in [3.05, 3.63) is 64.7 Å². The molecule has 1 N–H and O–H groups in total. The van der Waals surface area contributed by atoms with E-state index in [1.807, 2.05) is 41.3 Å². The van der Waals surface area contributed by atoms with Crippen molar-refractivity contribution in [2.75, 3.05) is 44.6 Å². The molecule has 1 saturated heterocycles. The highest BCUT2D eigenvalue weighted by molar-refractivity contribution is 6.33. The van der Waals surface area contributed by atoms with Crippen LogP contribution in [0.15, 0.2) is 48.5 Å². The first-order chi connectivity index (χ1) is 15.4. The van der Waals surface area contributed by atoms with Gasteiger partial charge in [-0.25, -0.2) is 0 Å². The molecule has 1 aliphatic rings. The Bertz CT molecular complexity index is 908. The van der Waals surface area contributed by atoms with E-state index in [0.717, 1.165) is 13.1 Å². The molecule has 0 bridgehead atoms.